The Morgan fingerprint density at radius 1 is 1.35 bits per heavy atom. The average molecular weight is 316 g/mol. The zero-order chi connectivity index (χ0) is 16.4. The molecule has 6 nitrogen and oxygen atoms in total. The van der Waals surface area contributed by atoms with Gasteiger partial charge in [0.2, 0.25) is 17.7 Å². The van der Waals surface area contributed by atoms with Crippen LogP contribution in [0, 0.1) is 0 Å². The van der Waals surface area contributed by atoms with E-state index in [9.17, 15) is 14.4 Å². The van der Waals surface area contributed by atoms with Gasteiger partial charge in [-0.1, -0.05) is 12.1 Å². The first kappa shape index (κ1) is 15.5. The summed E-state index contributed by atoms with van der Waals surface area (Å²) >= 11 is 0. The predicted molar refractivity (Wildman–Crippen MR) is 82.7 cm³/mol. The van der Waals surface area contributed by atoms with Crippen molar-refractivity contribution in [3.8, 4) is 5.75 Å². The topological polar surface area (TPSA) is 75.7 Å². The Kier molecular flexibility index (Phi) is 4.32. The fourth-order valence-electron chi connectivity index (χ4n) is 2.96. The van der Waals surface area contributed by atoms with E-state index >= 15 is 0 Å². The molecule has 1 saturated heterocycles. The predicted octanol–water partition coefficient (Wildman–Crippen LogP) is 1.03. The molecule has 0 radical (unpaired) electrons. The van der Waals surface area contributed by atoms with Gasteiger partial charge in [-0.25, -0.2) is 0 Å². The second-order valence-electron chi connectivity index (χ2n) is 6.02. The van der Waals surface area contributed by atoms with Crippen molar-refractivity contribution in [1.29, 1.82) is 0 Å². The number of nitrogens with one attached hydrogen (secondary N) is 1. The zero-order valence-electron chi connectivity index (χ0n) is 13.1. The Hall–Kier alpha value is -2.37. The number of ether oxygens (including phenoxy) is 1. The first-order valence-electron chi connectivity index (χ1n) is 7.86. The first-order chi connectivity index (χ1) is 11.1. The van der Waals surface area contributed by atoms with Gasteiger partial charge in [0.05, 0.1) is 13.5 Å². The van der Waals surface area contributed by atoms with E-state index in [2.05, 4.69) is 5.32 Å². The highest BCUT2D eigenvalue weighted by molar-refractivity contribution is 6.06. The molecule has 1 heterocycles. The van der Waals surface area contributed by atoms with Crippen molar-refractivity contribution in [3.63, 3.8) is 0 Å². The van der Waals surface area contributed by atoms with Crippen LogP contribution in [0.1, 0.15) is 31.2 Å². The van der Waals surface area contributed by atoms with Gasteiger partial charge >= 0.3 is 0 Å². The summed E-state index contributed by atoms with van der Waals surface area (Å²) in [6.07, 6.45) is 2.80. The van der Waals surface area contributed by atoms with Gasteiger partial charge in [0.25, 0.3) is 0 Å². The third-order valence-corrected chi connectivity index (χ3v) is 4.27. The number of carbonyl (C=O) groups excluding carboxylic acids is 3. The summed E-state index contributed by atoms with van der Waals surface area (Å²) in [6.45, 7) is 0. The maximum atomic E-state index is 12.6. The van der Waals surface area contributed by atoms with E-state index in [4.69, 9.17) is 4.74 Å². The molecule has 0 unspecified atom stereocenters. The lowest BCUT2D eigenvalue weighted by molar-refractivity contribution is -0.139. The second-order valence-corrected chi connectivity index (χ2v) is 6.02. The summed E-state index contributed by atoms with van der Waals surface area (Å²) in [4.78, 5) is 37.5. The molecule has 1 aromatic rings. The third kappa shape index (κ3) is 3.52. The Morgan fingerprint density at radius 3 is 2.74 bits per heavy atom. The number of rotatable bonds is 6. The summed E-state index contributed by atoms with van der Waals surface area (Å²) in [5.41, 5.74) is 1.01. The molecule has 3 rings (SSSR count). The summed E-state index contributed by atoms with van der Waals surface area (Å²) in [6, 6.07) is 7.07. The number of hydrogen-bond acceptors (Lipinski definition) is 4. The van der Waals surface area contributed by atoms with Crippen LogP contribution in [0.2, 0.25) is 0 Å². The monoisotopic (exact) mass is 316 g/mol. The molecule has 2 fully saturated rings. The summed E-state index contributed by atoms with van der Waals surface area (Å²) in [7, 11) is 1.61. The molecule has 1 N–H and O–H groups in total. The maximum absolute atomic E-state index is 12.6. The number of methoxy groups -OCH3 is 1. The van der Waals surface area contributed by atoms with Crippen LogP contribution < -0.4 is 10.1 Å². The van der Waals surface area contributed by atoms with E-state index in [-0.39, 0.29) is 30.2 Å². The van der Waals surface area contributed by atoms with Crippen molar-refractivity contribution >= 4 is 17.7 Å². The molecule has 0 bridgehead atoms. The third-order valence-electron chi connectivity index (χ3n) is 4.27. The zero-order valence-corrected chi connectivity index (χ0v) is 13.1. The minimum Gasteiger partial charge on any atom is -0.497 e. The van der Waals surface area contributed by atoms with Crippen molar-refractivity contribution in [2.75, 3.05) is 7.11 Å². The largest absolute Gasteiger partial charge is 0.497 e. The highest BCUT2D eigenvalue weighted by atomic mass is 16.5. The average Bonchev–Trinajstić information content (AvgIpc) is 3.31. The molecule has 0 aromatic heterocycles. The molecular weight excluding hydrogens is 296 g/mol. The lowest BCUT2D eigenvalue weighted by atomic mass is 10.1. The van der Waals surface area contributed by atoms with Crippen molar-refractivity contribution in [3.05, 3.63) is 29.8 Å². The van der Waals surface area contributed by atoms with Crippen LogP contribution in [0.15, 0.2) is 24.3 Å². The Balaban J connectivity index is 1.65. The fraction of sp³-hybridized carbons (Fsp3) is 0.471. The number of nitrogens with zero attached hydrogens (tertiary/aromatic N) is 1. The molecule has 3 amide bonds. The van der Waals surface area contributed by atoms with Crippen molar-refractivity contribution < 1.29 is 19.1 Å². The molecule has 1 aliphatic carbocycles. The number of hydrogen-bond donors (Lipinski definition) is 1. The molecule has 1 aromatic carbocycles. The van der Waals surface area contributed by atoms with Gasteiger partial charge in [0.1, 0.15) is 11.8 Å². The standard InChI is InChI=1S/C17H20N2O4/c1-23-13-4-2-3-11(9-13)5-8-16(21)19(12-6-7-12)14-10-15(20)18-17(14)22/h2-4,9,12,14H,5-8,10H2,1H3,(H,18,20,22)/t14-/m0/s1. The number of carbonyl (C=O) groups is 3. The molecule has 2 aliphatic rings. The van der Waals surface area contributed by atoms with Crippen LogP contribution in [0.4, 0.5) is 0 Å². The summed E-state index contributed by atoms with van der Waals surface area (Å²) in [5.74, 6) is 0.0443. The normalized spacial score (nSPS) is 20.3. The van der Waals surface area contributed by atoms with E-state index in [1.54, 1.807) is 12.0 Å². The van der Waals surface area contributed by atoms with Crippen molar-refractivity contribution in [1.82, 2.24) is 10.2 Å². The Morgan fingerprint density at radius 2 is 2.13 bits per heavy atom. The van der Waals surface area contributed by atoms with E-state index in [1.807, 2.05) is 24.3 Å². The van der Waals surface area contributed by atoms with Crippen LogP contribution >= 0.6 is 0 Å². The van der Waals surface area contributed by atoms with Crippen molar-refractivity contribution in [2.45, 2.75) is 44.2 Å². The van der Waals surface area contributed by atoms with Crippen LogP contribution in [0.25, 0.3) is 0 Å². The van der Waals surface area contributed by atoms with E-state index < -0.39 is 6.04 Å². The highest BCUT2D eigenvalue weighted by Gasteiger charge is 2.44. The number of benzene rings is 1. The molecule has 23 heavy (non-hydrogen) atoms. The molecule has 1 saturated carbocycles. The number of amides is 3. The van der Waals surface area contributed by atoms with E-state index in [0.717, 1.165) is 24.2 Å². The number of imide groups is 1. The molecule has 1 atom stereocenters. The van der Waals surface area contributed by atoms with Gasteiger partial charge in [-0.15, -0.1) is 0 Å². The molecule has 1 aliphatic heterocycles. The van der Waals surface area contributed by atoms with E-state index in [0.29, 0.717) is 12.8 Å². The van der Waals surface area contributed by atoms with Crippen LogP contribution in [-0.4, -0.2) is 41.8 Å². The molecule has 122 valence electrons. The van der Waals surface area contributed by atoms with Gasteiger partial charge in [-0.3, -0.25) is 19.7 Å². The molecule has 0 spiro atoms. The smallest absolute Gasteiger partial charge is 0.249 e. The lowest BCUT2D eigenvalue weighted by Crippen LogP contribution is -2.46. The van der Waals surface area contributed by atoms with Gasteiger partial charge in [0, 0.05) is 12.5 Å². The van der Waals surface area contributed by atoms with Gasteiger partial charge in [-0.05, 0) is 37.0 Å². The fourth-order valence-corrected chi connectivity index (χ4v) is 2.96. The number of aryl methyl sites for hydroxylation is 1. The Labute approximate surface area is 134 Å². The molecule has 6 heteroatoms. The van der Waals surface area contributed by atoms with Crippen LogP contribution in [0.5, 0.6) is 5.75 Å². The highest BCUT2D eigenvalue weighted by Crippen LogP contribution is 2.31. The van der Waals surface area contributed by atoms with Gasteiger partial charge in [-0.2, -0.15) is 0 Å². The molecular formula is C17H20N2O4. The van der Waals surface area contributed by atoms with Crippen LogP contribution in [0.3, 0.4) is 0 Å². The van der Waals surface area contributed by atoms with Gasteiger partial charge < -0.3 is 9.64 Å². The maximum Gasteiger partial charge on any atom is 0.249 e. The van der Waals surface area contributed by atoms with Crippen LogP contribution in [-0.2, 0) is 20.8 Å². The SMILES string of the molecule is COc1cccc(CCC(=O)N(C2CC2)[C@H]2CC(=O)NC2=O)c1. The minimum absolute atomic E-state index is 0.0647. The Bertz CT molecular complexity index is 639. The van der Waals surface area contributed by atoms with Crippen molar-refractivity contribution in [2.24, 2.45) is 0 Å². The summed E-state index contributed by atoms with van der Waals surface area (Å²) < 4.78 is 5.18. The summed E-state index contributed by atoms with van der Waals surface area (Å²) in [5, 5.41) is 2.29. The first-order valence-corrected chi connectivity index (χ1v) is 7.86. The van der Waals surface area contributed by atoms with E-state index in [1.165, 1.54) is 0 Å². The second kappa shape index (κ2) is 6.40. The van der Waals surface area contributed by atoms with Gasteiger partial charge in [0.15, 0.2) is 0 Å². The quantitative estimate of drug-likeness (QED) is 0.796. The lowest BCUT2D eigenvalue weighted by Gasteiger charge is -2.26. The minimum atomic E-state index is -0.632.